The Hall–Kier alpha value is -3.35. The smallest absolute Gasteiger partial charge is 0.326 e. The standard InChI is InChI=1S/C20H21N3O4/c1-3-14-17(23-11-7-10-16(27-2)18(23)21-14)19(24)22-15(20(25)26)12-13-8-5-4-6-9-13/h4-11,15H,3,12H2,1-2H3,(H,22,24)(H,25,26). The van der Waals surface area contributed by atoms with E-state index in [2.05, 4.69) is 10.3 Å². The lowest BCUT2D eigenvalue weighted by Crippen LogP contribution is -2.43. The lowest BCUT2D eigenvalue weighted by Gasteiger charge is -2.15. The Kier molecular flexibility index (Phi) is 5.40. The van der Waals surface area contributed by atoms with Crippen molar-refractivity contribution in [1.82, 2.24) is 14.7 Å². The Labute approximate surface area is 156 Å². The van der Waals surface area contributed by atoms with E-state index in [1.54, 1.807) is 22.7 Å². The molecule has 1 amide bonds. The monoisotopic (exact) mass is 367 g/mol. The number of aryl methyl sites for hydroxylation is 1. The van der Waals surface area contributed by atoms with Crippen LogP contribution in [0.1, 0.15) is 28.7 Å². The molecule has 0 fully saturated rings. The van der Waals surface area contributed by atoms with Crippen LogP contribution in [0.5, 0.6) is 5.75 Å². The third kappa shape index (κ3) is 3.76. The SMILES string of the molecule is CCc1nc2c(OC)cccn2c1C(=O)NC(Cc1ccccc1)C(=O)O. The van der Waals surface area contributed by atoms with Crippen LogP contribution >= 0.6 is 0 Å². The molecule has 1 atom stereocenters. The molecule has 1 unspecified atom stereocenters. The van der Waals surface area contributed by atoms with Crippen molar-refractivity contribution in [1.29, 1.82) is 0 Å². The number of amides is 1. The zero-order valence-electron chi connectivity index (χ0n) is 15.2. The summed E-state index contributed by atoms with van der Waals surface area (Å²) in [6.07, 6.45) is 2.44. The number of carboxylic acid groups (broad SMARTS) is 1. The van der Waals surface area contributed by atoms with Crippen molar-refractivity contribution in [3.05, 3.63) is 65.6 Å². The Balaban J connectivity index is 1.93. The molecule has 0 bridgehead atoms. The number of hydrogen-bond donors (Lipinski definition) is 2. The number of carboxylic acids is 1. The van der Waals surface area contributed by atoms with Crippen LogP contribution in [0, 0.1) is 0 Å². The fraction of sp³-hybridized carbons (Fsp3) is 0.250. The van der Waals surface area contributed by atoms with Gasteiger partial charge < -0.3 is 15.2 Å². The molecule has 0 aliphatic heterocycles. The van der Waals surface area contributed by atoms with Gasteiger partial charge in [0.2, 0.25) is 0 Å². The predicted octanol–water partition coefficient (Wildman–Crippen LogP) is 2.33. The van der Waals surface area contributed by atoms with Gasteiger partial charge in [0.05, 0.1) is 12.8 Å². The molecular formula is C20H21N3O4. The number of nitrogens with one attached hydrogen (secondary N) is 1. The highest BCUT2D eigenvalue weighted by Gasteiger charge is 2.25. The summed E-state index contributed by atoms with van der Waals surface area (Å²) >= 11 is 0. The summed E-state index contributed by atoms with van der Waals surface area (Å²) in [6, 6.07) is 11.7. The van der Waals surface area contributed by atoms with Crippen LogP contribution < -0.4 is 10.1 Å². The number of benzene rings is 1. The van der Waals surface area contributed by atoms with E-state index in [-0.39, 0.29) is 6.42 Å². The molecule has 0 saturated heterocycles. The van der Waals surface area contributed by atoms with Gasteiger partial charge in [-0.3, -0.25) is 9.20 Å². The van der Waals surface area contributed by atoms with Crippen LogP contribution in [0.25, 0.3) is 5.65 Å². The summed E-state index contributed by atoms with van der Waals surface area (Å²) in [7, 11) is 1.54. The average Bonchev–Trinajstić information content (AvgIpc) is 3.07. The first-order valence-electron chi connectivity index (χ1n) is 8.66. The van der Waals surface area contributed by atoms with Crippen LogP contribution in [-0.2, 0) is 17.6 Å². The van der Waals surface area contributed by atoms with Gasteiger partial charge in [0, 0.05) is 12.6 Å². The van der Waals surface area contributed by atoms with Crippen LogP contribution in [0.4, 0.5) is 0 Å². The van der Waals surface area contributed by atoms with Crippen LogP contribution in [0.2, 0.25) is 0 Å². The minimum absolute atomic E-state index is 0.198. The van der Waals surface area contributed by atoms with Gasteiger partial charge in [0.25, 0.3) is 5.91 Å². The van der Waals surface area contributed by atoms with E-state index in [1.807, 2.05) is 37.3 Å². The number of imidazole rings is 1. The molecule has 2 heterocycles. The highest BCUT2D eigenvalue weighted by Crippen LogP contribution is 2.22. The van der Waals surface area contributed by atoms with Gasteiger partial charge in [0.15, 0.2) is 11.4 Å². The maximum absolute atomic E-state index is 12.9. The number of carbonyl (C=O) groups is 2. The van der Waals surface area contributed by atoms with E-state index in [1.165, 1.54) is 7.11 Å². The van der Waals surface area contributed by atoms with E-state index in [9.17, 15) is 14.7 Å². The molecule has 2 aromatic heterocycles. The van der Waals surface area contributed by atoms with Crippen molar-refractivity contribution in [3.8, 4) is 5.75 Å². The van der Waals surface area contributed by atoms with Gasteiger partial charge in [-0.1, -0.05) is 37.3 Å². The first-order valence-corrected chi connectivity index (χ1v) is 8.66. The van der Waals surface area contributed by atoms with Gasteiger partial charge in [0.1, 0.15) is 11.7 Å². The largest absolute Gasteiger partial charge is 0.493 e. The van der Waals surface area contributed by atoms with Gasteiger partial charge in [-0.2, -0.15) is 0 Å². The van der Waals surface area contributed by atoms with Crippen LogP contribution in [0.3, 0.4) is 0 Å². The summed E-state index contributed by atoms with van der Waals surface area (Å²) < 4.78 is 6.94. The third-order valence-electron chi connectivity index (χ3n) is 4.34. The Morgan fingerprint density at radius 3 is 2.59 bits per heavy atom. The van der Waals surface area contributed by atoms with E-state index >= 15 is 0 Å². The number of rotatable bonds is 7. The van der Waals surface area contributed by atoms with Gasteiger partial charge in [-0.25, -0.2) is 9.78 Å². The second kappa shape index (κ2) is 7.90. The Morgan fingerprint density at radius 2 is 1.96 bits per heavy atom. The first kappa shape index (κ1) is 18.4. The van der Waals surface area contributed by atoms with Crippen molar-refractivity contribution in [2.45, 2.75) is 25.8 Å². The first-order chi connectivity index (χ1) is 13.0. The zero-order valence-corrected chi connectivity index (χ0v) is 15.2. The third-order valence-corrected chi connectivity index (χ3v) is 4.34. The number of nitrogens with zero attached hydrogens (tertiary/aromatic N) is 2. The number of pyridine rings is 1. The molecule has 0 spiro atoms. The highest BCUT2D eigenvalue weighted by molar-refractivity contribution is 5.97. The second-order valence-corrected chi connectivity index (χ2v) is 6.08. The molecule has 7 nitrogen and oxygen atoms in total. The summed E-state index contributed by atoms with van der Waals surface area (Å²) in [5.74, 6) is -1.02. The van der Waals surface area contributed by atoms with Crippen molar-refractivity contribution >= 4 is 17.5 Å². The van der Waals surface area contributed by atoms with E-state index in [0.717, 1.165) is 5.56 Å². The van der Waals surface area contributed by atoms with E-state index in [4.69, 9.17) is 4.74 Å². The minimum atomic E-state index is -1.09. The van der Waals surface area contributed by atoms with Gasteiger partial charge in [-0.15, -0.1) is 0 Å². The molecular weight excluding hydrogens is 346 g/mol. The number of aromatic nitrogens is 2. The van der Waals surface area contributed by atoms with Gasteiger partial charge in [-0.05, 0) is 24.1 Å². The van der Waals surface area contributed by atoms with Crippen molar-refractivity contribution in [2.75, 3.05) is 7.11 Å². The molecule has 3 aromatic rings. The molecule has 140 valence electrons. The Bertz CT molecular complexity index is 966. The summed E-state index contributed by atoms with van der Waals surface area (Å²) in [5, 5.41) is 12.2. The fourth-order valence-corrected chi connectivity index (χ4v) is 3.01. The lowest BCUT2D eigenvalue weighted by atomic mass is 10.1. The van der Waals surface area contributed by atoms with Crippen LogP contribution in [0.15, 0.2) is 48.7 Å². The molecule has 0 aliphatic carbocycles. The van der Waals surface area contributed by atoms with Crippen molar-refractivity contribution in [2.24, 2.45) is 0 Å². The second-order valence-electron chi connectivity index (χ2n) is 6.08. The highest BCUT2D eigenvalue weighted by atomic mass is 16.5. The molecule has 1 aromatic carbocycles. The Morgan fingerprint density at radius 1 is 1.22 bits per heavy atom. The molecule has 0 saturated carbocycles. The van der Waals surface area contributed by atoms with Crippen molar-refractivity contribution in [3.63, 3.8) is 0 Å². The summed E-state index contributed by atoms with van der Waals surface area (Å²) in [5.41, 5.74) is 2.27. The van der Waals surface area contributed by atoms with Gasteiger partial charge >= 0.3 is 5.97 Å². The molecule has 2 N–H and O–H groups in total. The zero-order chi connectivity index (χ0) is 19.4. The molecule has 0 radical (unpaired) electrons. The summed E-state index contributed by atoms with van der Waals surface area (Å²) in [6.45, 7) is 1.89. The average molecular weight is 367 g/mol. The lowest BCUT2D eigenvalue weighted by molar-refractivity contribution is -0.139. The quantitative estimate of drug-likeness (QED) is 0.669. The number of aliphatic carboxylic acids is 1. The maximum Gasteiger partial charge on any atom is 0.326 e. The number of hydrogen-bond acceptors (Lipinski definition) is 4. The fourth-order valence-electron chi connectivity index (χ4n) is 3.01. The molecule has 7 heteroatoms. The number of carbonyl (C=O) groups excluding carboxylic acids is 1. The van der Waals surface area contributed by atoms with Crippen LogP contribution in [-0.4, -0.2) is 39.5 Å². The topological polar surface area (TPSA) is 92.9 Å². The number of methoxy groups -OCH3 is 1. The molecule has 27 heavy (non-hydrogen) atoms. The van der Waals surface area contributed by atoms with E-state index in [0.29, 0.717) is 29.2 Å². The molecule has 0 aliphatic rings. The number of ether oxygens (including phenoxy) is 1. The predicted molar refractivity (Wildman–Crippen MR) is 100 cm³/mol. The maximum atomic E-state index is 12.9. The molecule has 3 rings (SSSR count). The van der Waals surface area contributed by atoms with E-state index < -0.39 is 17.9 Å². The minimum Gasteiger partial charge on any atom is -0.493 e. The van der Waals surface area contributed by atoms with Crippen molar-refractivity contribution < 1.29 is 19.4 Å². The normalized spacial score (nSPS) is 11.9. The number of fused-ring (bicyclic) bond motifs is 1. The summed E-state index contributed by atoms with van der Waals surface area (Å²) in [4.78, 5) is 29.1.